The molecule has 0 spiro atoms. The standard InChI is InChI=1S/C20H17N3OS2/c24-23-7-6-17-19(22-13-26-17)16-10-15(11-18(20(16)23)25-9-8-23)21-12-14-4-2-1-3-5-14/h1-6,11-13H,7-10H2. The van der Waals surface area contributed by atoms with E-state index in [2.05, 4.69) is 17.1 Å². The summed E-state index contributed by atoms with van der Waals surface area (Å²) < 4.78 is 0.861. The third kappa shape index (κ3) is 2.70. The van der Waals surface area contributed by atoms with Gasteiger partial charge in [0.25, 0.3) is 0 Å². The molecule has 0 amide bonds. The average Bonchev–Trinajstić information content (AvgIpc) is 3.10. The molecule has 6 heteroatoms. The molecule has 0 saturated heterocycles. The van der Waals surface area contributed by atoms with Crippen molar-refractivity contribution in [2.24, 2.45) is 4.99 Å². The Labute approximate surface area is 159 Å². The van der Waals surface area contributed by atoms with E-state index in [9.17, 15) is 5.21 Å². The quantitative estimate of drug-likeness (QED) is 0.458. The molecular formula is C20H17N3OS2. The summed E-state index contributed by atoms with van der Waals surface area (Å²) in [5, 5.41) is 14.5. The number of rotatable bonds is 2. The second kappa shape index (κ2) is 6.32. The van der Waals surface area contributed by atoms with Crippen molar-refractivity contribution in [1.29, 1.82) is 0 Å². The van der Waals surface area contributed by atoms with Crippen molar-refractivity contribution in [3.63, 3.8) is 0 Å². The van der Waals surface area contributed by atoms with Crippen LogP contribution in [-0.2, 0) is 0 Å². The molecular weight excluding hydrogens is 362 g/mol. The summed E-state index contributed by atoms with van der Waals surface area (Å²) in [6.45, 7) is 1.11. The van der Waals surface area contributed by atoms with Crippen molar-refractivity contribution < 1.29 is 4.65 Å². The van der Waals surface area contributed by atoms with Gasteiger partial charge in [0.05, 0.1) is 26.8 Å². The molecule has 1 aliphatic carbocycles. The van der Waals surface area contributed by atoms with Gasteiger partial charge in [-0.2, -0.15) is 0 Å². The number of hydrogen-bond donors (Lipinski definition) is 0. The molecule has 1 aromatic carbocycles. The molecule has 5 rings (SSSR count). The fourth-order valence-corrected chi connectivity index (χ4v) is 5.65. The molecule has 3 aliphatic rings. The Morgan fingerprint density at radius 3 is 3.00 bits per heavy atom. The molecule has 2 aliphatic heterocycles. The van der Waals surface area contributed by atoms with Crippen molar-refractivity contribution in [3.8, 4) is 0 Å². The molecule has 26 heavy (non-hydrogen) atoms. The van der Waals surface area contributed by atoms with E-state index in [0.717, 1.165) is 43.1 Å². The molecule has 130 valence electrons. The number of allylic oxidation sites excluding steroid dienone is 3. The van der Waals surface area contributed by atoms with Gasteiger partial charge in [-0.1, -0.05) is 30.3 Å². The van der Waals surface area contributed by atoms with Crippen LogP contribution in [-0.4, -0.2) is 34.7 Å². The minimum atomic E-state index is -0.257. The number of fused-ring (bicyclic) bond motifs is 1. The van der Waals surface area contributed by atoms with Crippen LogP contribution in [0.1, 0.15) is 12.0 Å². The summed E-state index contributed by atoms with van der Waals surface area (Å²) >= 11 is 3.38. The van der Waals surface area contributed by atoms with Gasteiger partial charge in [0, 0.05) is 29.7 Å². The molecule has 4 nitrogen and oxygen atoms in total. The van der Waals surface area contributed by atoms with Crippen molar-refractivity contribution in [2.45, 2.75) is 6.42 Å². The summed E-state index contributed by atoms with van der Waals surface area (Å²) in [7, 11) is 0. The van der Waals surface area contributed by atoms with Gasteiger partial charge in [-0.3, -0.25) is 4.99 Å². The zero-order valence-corrected chi connectivity index (χ0v) is 15.7. The second-order valence-electron chi connectivity index (χ2n) is 6.59. The number of hydrogen-bond acceptors (Lipinski definition) is 5. The number of hydroxylamine groups is 3. The number of quaternary nitrogens is 1. The van der Waals surface area contributed by atoms with Gasteiger partial charge in [-0.05, 0) is 17.7 Å². The van der Waals surface area contributed by atoms with Crippen LogP contribution in [0, 0.1) is 5.21 Å². The fourth-order valence-electron chi connectivity index (χ4n) is 3.67. The molecule has 1 atom stereocenters. The predicted molar refractivity (Wildman–Crippen MR) is 109 cm³/mol. The lowest BCUT2D eigenvalue weighted by Crippen LogP contribution is -2.46. The predicted octanol–water partition coefficient (Wildman–Crippen LogP) is 2.77. The average molecular weight is 380 g/mol. The second-order valence-corrected chi connectivity index (χ2v) is 8.61. The molecule has 2 aromatic rings. The van der Waals surface area contributed by atoms with Crippen molar-refractivity contribution in [1.82, 2.24) is 4.98 Å². The molecule has 0 bridgehead atoms. The SMILES string of the molecule is [O-][N+]12CC=c3scnc3=C3CC(N=Cc4ccccc4)=CC(=C31)SCC2. The first-order valence-electron chi connectivity index (χ1n) is 8.62. The van der Waals surface area contributed by atoms with Gasteiger partial charge in [0.2, 0.25) is 0 Å². The first-order valence-corrected chi connectivity index (χ1v) is 10.5. The van der Waals surface area contributed by atoms with Crippen molar-refractivity contribution >= 4 is 41.0 Å². The van der Waals surface area contributed by atoms with Crippen LogP contribution >= 0.6 is 23.1 Å². The fraction of sp³-hybridized carbons (Fsp3) is 0.200. The van der Waals surface area contributed by atoms with E-state index in [1.165, 1.54) is 0 Å². The number of thioether (sulfide) groups is 1. The first-order chi connectivity index (χ1) is 12.7. The molecule has 0 N–H and O–H groups in total. The van der Waals surface area contributed by atoms with Gasteiger partial charge >= 0.3 is 0 Å². The molecule has 0 saturated carbocycles. The molecule has 0 fully saturated rings. The Kier molecular flexibility index (Phi) is 3.94. The lowest BCUT2D eigenvalue weighted by Gasteiger charge is -2.47. The minimum absolute atomic E-state index is 0.257. The largest absolute Gasteiger partial charge is 0.627 e. The van der Waals surface area contributed by atoms with Gasteiger partial charge in [-0.25, -0.2) is 4.98 Å². The lowest BCUT2D eigenvalue weighted by molar-refractivity contribution is -0.827. The van der Waals surface area contributed by atoms with Gasteiger partial charge in [0.1, 0.15) is 6.54 Å². The normalized spacial score (nSPS) is 24.7. The highest BCUT2D eigenvalue weighted by Gasteiger charge is 2.37. The number of benzene rings is 1. The van der Waals surface area contributed by atoms with E-state index < -0.39 is 0 Å². The van der Waals surface area contributed by atoms with E-state index >= 15 is 0 Å². The van der Waals surface area contributed by atoms with Crippen molar-refractivity contribution in [2.75, 3.05) is 18.8 Å². The summed E-state index contributed by atoms with van der Waals surface area (Å²) in [5.41, 5.74) is 5.92. The van der Waals surface area contributed by atoms with Crippen LogP contribution in [0.5, 0.6) is 0 Å². The highest BCUT2D eigenvalue weighted by Crippen LogP contribution is 2.44. The molecule has 3 heterocycles. The number of thiazole rings is 1. The maximum absolute atomic E-state index is 13.5. The number of nitrogens with zero attached hydrogens (tertiary/aromatic N) is 3. The summed E-state index contributed by atoms with van der Waals surface area (Å²) in [6, 6.07) is 10.1. The Morgan fingerprint density at radius 2 is 2.12 bits per heavy atom. The van der Waals surface area contributed by atoms with Crippen molar-refractivity contribution in [3.05, 3.63) is 78.9 Å². The highest BCUT2D eigenvalue weighted by molar-refractivity contribution is 8.03. The first kappa shape index (κ1) is 16.2. The van der Waals surface area contributed by atoms with Crippen LogP contribution in [0.4, 0.5) is 0 Å². The van der Waals surface area contributed by atoms with Gasteiger partial charge in [-0.15, -0.1) is 23.1 Å². The summed E-state index contributed by atoms with van der Waals surface area (Å²) in [4.78, 5) is 10.4. The van der Waals surface area contributed by atoms with E-state index in [1.54, 1.807) is 23.1 Å². The van der Waals surface area contributed by atoms with E-state index in [-0.39, 0.29) is 4.65 Å². The Hall–Kier alpha value is -1.99. The summed E-state index contributed by atoms with van der Waals surface area (Å²) in [5.74, 6) is 0.844. The smallest absolute Gasteiger partial charge is 0.152 e. The molecule has 1 unspecified atom stereocenters. The number of aromatic nitrogens is 1. The van der Waals surface area contributed by atoms with E-state index in [4.69, 9.17) is 4.99 Å². The molecule has 0 radical (unpaired) electrons. The van der Waals surface area contributed by atoms with E-state index in [0.29, 0.717) is 19.5 Å². The van der Waals surface area contributed by atoms with Crippen LogP contribution in [0.2, 0.25) is 0 Å². The van der Waals surface area contributed by atoms with Gasteiger partial charge in [0.15, 0.2) is 5.70 Å². The van der Waals surface area contributed by atoms with Crippen LogP contribution < -0.4 is 9.88 Å². The monoisotopic (exact) mass is 379 g/mol. The zero-order chi connectivity index (χ0) is 17.6. The topological polar surface area (TPSA) is 48.3 Å². The number of aliphatic imine (C=N–C) groups is 1. The summed E-state index contributed by atoms with van der Waals surface area (Å²) in [6.07, 6.45) is 6.73. The Morgan fingerprint density at radius 1 is 1.23 bits per heavy atom. The maximum atomic E-state index is 13.5. The maximum Gasteiger partial charge on any atom is 0.152 e. The Bertz CT molecular complexity index is 1080. The van der Waals surface area contributed by atoms with Crippen LogP contribution in [0.25, 0.3) is 11.6 Å². The van der Waals surface area contributed by atoms with Crippen LogP contribution in [0.3, 0.4) is 0 Å². The Balaban J connectivity index is 1.66. The molecule has 1 aromatic heterocycles. The van der Waals surface area contributed by atoms with E-state index in [1.807, 2.05) is 42.1 Å². The third-order valence-electron chi connectivity index (χ3n) is 4.92. The third-order valence-corrected chi connectivity index (χ3v) is 6.76. The lowest BCUT2D eigenvalue weighted by atomic mass is 9.99. The minimum Gasteiger partial charge on any atom is -0.627 e. The van der Waals surface area contributed by atoms with Crippen LogP contribution in [0.15, 0.2) is 63.2 Å². The van der Waals surface area contributed by atoms with Gasteiger partial charge < -0.3 is 9.85 Å². The zero-order valence-electron chi connectivity index (χ0n) is 14.1. The highest BCUT2D eigenvalue weighted by atomic mass is 32.2.